The van der Waals surface area contributed by atoms with Crippen molar-refractivity contribution in [2.75, 3.05) is 5.73 Å². The molecule has 1 aromatic carbocycles. The van der Waals surface area contributed by atoms with Gasteiger partial charge in [-0.1, -0.05) is 18.5 Å². The van der Waals surface area contributed by atoms with E-state index in [-0.39, 0.29) is 17.0 Å². The SMILES string of the molecule is CCC(C)(NC(=O)c1ccc(N)c(Cl)c1)C(=O)O. The van der Waals surface area contributed by atoms with E-state index in [1.54, 1.807) is 6.92 Å². The molecule has 1 amide bonds. The molecule has 0 aliphatic heterocycles. The Morgan fingerprint density at radius 1 is 1.50 bits per heavy atom. The lowest BCUT2D eigenvalue weighted by atomic mass is 9.98. The molecule has 98 valence electrons. The molecule has 0 aliphatic carbocycles. The van der Waals surface area contributed by atoms with Gasteiger partial charge >= 0.3 is 5.97 Å². The Labute approximate surface area is 110 Å². The normalized spacial score (nSPS) is 13.7. The summed E-state index contributed by atoms with van der Waals surface area (Å²) in [6, 6.07) is 4.40. The lowest BCUT2D eigenvalue weighted by Gasteiger charge is -2.24. The number of aliphatic carboxylic acids is 1. The molecule has 4 N–H and O–H groups in total. The number of carbonyl (C=O) groups is 2. The molecule has 0 aromatic heterocycles. The Hall–Kier alpha value is -1.75. The largest absolute Gasteiger partial charge is 0.480 e. The van der Waals surface area contributed by atoms with Gasteiger partial charge in [0.15, 0.2) is 0 Å². The quantitative estimate of drug-likeness (QED) is 0.729. The number of carboxylic acid groups (broad SMARTS) is 1. The summed E-state index contributed by atoms with van der Waals surface area (Å²) in [6.45, 7) is 3.14. The van der Waals surface area contributed by atoms with E-state index in [4.69, 9.17) is 22.4 Å². The number of hydrogen-bond acceptors (Lipinski definition) is 3. The summed E-state index contributed by atoms with van der Waals surface area (Å²) in [5.41, 5.74) is 4.87. The highest BCUT2D eigenvalue weighted by molar-refractivity contribution is 6.33. The number of halogens is 1. The zero-order valence-corrected chi connectivity index (χ0v) is 10.9. The number of nitrogens with one attached hydrogen (secondary N) is 1. The highest BCUT2D eigenvalue weighted by Crippen LogP contribution is 2.20. The number of nitrogens with two attached hydrogens (primary N) is 1. The zero-order valence-electron chi connectivity index (χ0n) is 10.2. The molecular formula is C12H15ClN2O3. The van der Waals surface area contributed by atoms with Crippen LogP contribution in [0.5, 0.6) is 0 Å². The average Bonchev–Trinajstić information content (AvgIpc) is 2.32. The summed E-state index contributed by atoms with van der Waals surface area (Å²) in [6.07, 6.45) is 0.275. The predicted octanol–water partition coefficient (Wildman–Crippen LogP) is 1.91. The van der Waals surface area contributed by atoms with Crippen molar-refractivity contribution < 1.29 is 14.7 Å². The number of carboxylic acids is 1. The molecule has 0 saturated heterocycles. The van der Waals surface area contributed by atoms with Crippen molar-refractivity contribution in [3.8, 4) is 0 Å². The van der Waals surface area contributed by atoms with Crippen LogP contribution >= 0.6 is 11.6 Å². The van der Waals surface area contributed by atoms with Gasteiger partial charge in [-0.2, -0.15) is 0 Å². The molecule has 0 fully saturated rings. The third-order valence-electron chi connectivity index (χ3n) is 2.83. The topological polar surface area (TPSA) is 92.4 Å². The molecule has 0 radical (unpaired) electrons. The third-order valence-corrected chi connectivity index (χ3v) is 3.16. The van der Waals surface area contributed by atoms with E-state index in [9.17, 15) is 9.59 Å². The summed E-state index contributed by atoms with van der Waals surface area (Å²) in [5, 5.41) is 11.8. The van der Waals surface area contributed by atoms with E-state index in [0.717, 1.165) is 0 Å². The molecule has 1 unspecified atom stereocenters. The number of carbonyl (C=O) groups excluding carboxylic acids is 1. The van der Waals surface area contributed by atoms with Crippen molar-refractivity contribution in [3.05, 3.63) is 28.8 Å². The van der Waals surface area contributed by atoms with Gasteiger partial charge in [0, 0.05) is 5.56 Å². The monoisotopic (exact) mass is 270 g/mol. The molecule has 0 spiro atoms. The van der Waals surface area contributed by atoms with Crippen molar-refractivity contribution in [2.24, 2.45) is 0 Å². The number of hydrogen-bond donors (Lipinski definition) is 3. The van der Waals surface area contributed by atoms with Gasteiger partial charge in [-0.15, -0.1) is 0 Å². The van der Waals surface area contributed by atoms with Crippen LogP contribution in [0.1, 0.15) is 30.6 Å². The fourth-order valence-electron chi connectivity index (χ4n) is 1.28. The van der Waals surface area contributed by atoms with Crippen LogP contribution in [0.15, 0.2) is 18.2 Å². The van der Waals surface area contributed by atoms with Gasteiger partial charge in [-0.25, -0.2) is 4.79 Å². The van der Waals surface area contributed by atoms with Crippen molar-refractivity contribution in [3.63, 3.8) is 0 Å². The summed E-state index contributed by atoms with van der Waals surface area (Å²) < 4.78 is 0. The number of benzene rings is 1. The van der Waals surface area contributed by atoms with Crippen LogP contribution in [0.2, 0.25) is 5.02 Å². The second-order valence-corrected chi connectivity index (χ2v) is 4.59. The van der Waals surface area contributed by atoms with Crippen LogP contribution < -0.4 is 11.1 Å². The van der Waals surface area contributed by atoms with Crippen LogP contribution in [0.25, 0.3) is 0 Å². The van der Waals surface area contributed by atoms with Crippen LogP contribution in [0.4, 0.5) is 5.69 Å². The minimum atomic E-state index is -1.30. The lowest BCUT2D eigenvalue weighted by Crippen LogP contribution is -2.51. The standard InChI is InChI=1S/C12H15ClN2O3/c1-3-12(2,11(17)18)15-10(16)7-4-5-9(14)8(13)6-7/h4-6H,3,14H2,1-2H3,(H,15,16)(H,17,18). The lowest BCUT2D eigenvalue weighted by molar-refractivity contribution is -0.143. The number of rotatable bonds is 4. The van der Waals surface area contributed by atoms with Gasteiger partial charge in [0.2, 0.25) is 0 Å². The molecule has 5 nitrogen and oxygen atoms in total. The fraction of sp³-hybridized carbons (Fsp3) is 0.333. The van der Waals surface area contributed by atoms with E-state index in [0.29, 0.717) is 5.69 Å². The minimum absolute atomic E-state index is 0.260. The van der Waals surface area contributed by atoms with Crippen LogP contribution in [0, 0.1) is 0 Å². The Bertz CT molecular complexity index is 490. The van der Waals surface area contributed by atoms with Crippen molar-refractivity contribution >= 4 is 29.2 Å². The van der Waals surface area contributed by atoms with Crippen molar-refractivity contribution in [1.82, 2.24) is 5.32 Å². The smallest absolute Gasteiger partial charge is 0.329 e. The molecule has 0 heterocycles. The molecule has 1 rings (SSSR count). The molecule has 6 heteroatoms. The number of anilines is 1. The Kier molecular flexibility index (Phi) is 4.19. The summed E-state index contributed by atoms with van der Waals surface area (Å²) in [7, 11) is 0. The first kappa shape index (κ1) is 14.3. The molecule has 0 bridgehead atoms. The highest BCUT2D eigenvalue weighted by Gasteiger charge is 2.33. The van der Waals surface area contributed by atoms with E-state index < -0.39 is 17.4 Å². The van der Waals surface area contributed by atoms with Gasteiger partial charge in [0.05, 0.1) is 10.7 Å². The van der Waals surface area contributed by atoms with E-state index in [1.165, 1.54) is 25.1 Å². The van der Waals surface area contributed by atoms with Crippen molar-refractivity contribution in [1.29, 1.82) is 0 Å². The minimum Gasteiger partial charge on any atom is -0.480 e. The van der Waals surface area contributed by atoms with Gasteiger partial charge in [-0.05, 0) is 31.5 Å². The third kappa shape index (κ3) is 2.92. The summed E-state index contributed by atoms with van der Waals surface area (Å²) in [4.78, 5) is 23.0. The average molecular weight is 271 g/mol. The van der Waals surface area contributed by atoms with E-state index in [2.05, 4.69) is 5.32 Å². The highest BCUT2D eigenvalue weighted by atomic mass is 35.5. The van der Waals surface area contributed by atoms with E-state index >= 15 is 0 Å². The first-order valence-corrected chi connectivity index (χ1v) is 5.79. The first-order valence-electron chi connectivity index (χ1n) is 5.41. The Morgan fingerprint density at radius 2 is 2.11 bits per heavy atom. The molecule has 18 heavy (non-hydrogen) atoms. The zero-order chi connectivity index (χ0) is 13.9. The summed E-state index contributed by atoms with van der Waals surface area (Å²) >= 11 is 5.80. The second kappa shape index (κ2) is 5.27. The molecular weight excluding hydrogens is 256 g/mol. The molecule has 1 atom stereocenters. The van der Waals surface area contributed by atoms with Gasteiger partial charge in [0.1, 0.15) is 5.54 Å². The predicted molar refractivity (Wildman–Crippen MR) is 69.7 cm³/mol. The maximum Gasteiger partial charge on any atom is 0.329 e. The van der Waals surface area contributed by atoms with Crippen molar-refractivity contribution in [2.45, 2.75) is 25.8 Å². The first-order chi connectivity index (χ1) is 8.30. The van der Waals surface area contributed by atoms with Gasteiger partial charge < -0.3 is 16.2 Å². The van der Waals surface area contributed by atoms with Crippen LogP contribution in [-0.2, 0) is 4.79 Å². The molecule has 0 aliphatic rings. The Balaban J connectivity index is 2.95. The fourth-order valence-corrected chi connectivity index (χ4v) is 1.46. The molecule has 1 aromatic rings. The summed E-state index contributed by atoms with van der Waals surface area (Å²) in [5.74, 6) is -1.58. The number of amides is 1. The van der Waals surface area contributed by atoms with Crippen LogP contribution in [0.3, 0.4) is 0 Å². The number of nitrogen functional groups attached to an aromatic ring is 1. The van der Waals surface area contributed by atoms with Gasteiger partial charge in [0.25, 0.3) is 5.91 Å². The van der Waals surface area contributed by atoms with Gasteiger partial charge in [-0.3, -0.25) is 4.79 Å². The molecule has 0 saturated carbocycles. The maximum absolute atomic E-state index is 11.9. The maximum atomic E-state index is 11.9. The Morgan fingerprint density at radius 3 is 2.56 bits per heavy atom. The van der Waals surface area contributed by atoms with Crippen LogP contribution in [-0.4, -0.2) is 22.5 Å². The van der Waals surface area contributed by atoms with E-state index in [1.807, 2.05) is 0 Å². The second-order valence-electron chi connectivity index (χ2n) is 4.18.